The van der Waals surface area contributed by atoms with Crippen molar-refractivity contribution in [3.05, 3.63) is 0 Å². The fourth-order valence-electron chi connectivity index (χ4n) is 1.13. The average molecular weight is 140 g/mol. The molecule has 1 unspecified atom stereocenters. The summed E-state index contributed by atoms with van der Waals surface area (Å²) in [6, 6.07) is 0. The summed E-state index contributed by atoms with van der Waals surface area (Å²) in [7, 11) is 0. The van der Waals surface area contributed by atoms with E-state index in [9.17, 15) is 0 Å². The summed E-state index contributed by atoms with van der Waals surface area (Å²) in [4.78, 5) is 0. The Morgan fingerprint density at radius 3 is 3.00 bits per heavy atom. The minimum Gasteiger partial charge on any atom is -0.462 e. The third-order valence-electron chi connectivity index (χ3n) is 1.68. The molecule has 1 saturated heterocycles. The molecule has 0 radical (unpaired) electrons. The Kier molecular flexibility index (Phi) is 3.11. The molecule has 1 rings (SSSR count). The number of hydrogen-bond acceptors (Lipinski definition) is 2. The number of aliphatic hydroxyl groups excluding tert-OH is 1. The molecule has 0 aromatic rings. The van der Waals surface area contributed by atoms with E-state index in [1.54, 1.807) is 0 Å². The normalized spacial score (nSPS) is 25.0. The van der Waals surface area contributed by atoms with Crippen LogP contribution in [0.2, 0.25) is 0 Å². The summed E-state index contributed by atoms with van der Waals surface area (Å²) in [5.74, 6) is 2.60. The topological polar surface area (TPSA) is 29.5 Å². The van der Waals surface area contributed by atoms with E-state index >= 15 is 0 Å². The number of hydrogen-bond donors (Lipinski definition) is 1. The van der Waals surface area contributed by atoms with Crippen LogP contribution >= 0.6 is 0 Å². The van der Waals surface area contributed by atoms with Gasteiger partial charge in [0.2, 0.25) is 0 Å². The molecule has 1 fully saturated rings. The van der Waals surface area contributed by atoms with Crippen molar-refractivity contribution in [3.63, 3.8) is 0 Å². The molecular weight excluding hydrogens is 128 g/mol. The van der Waals surface area contributed by atoms with Gasteiger partial charge in [0.15, 0.2) is 0 Å². The SMILES string of the molecule is OC#CCC1CCCCO1. The first-order chi connectivity index (χ1) is 4.93. The van der Waals surface area contributed by atoms with Gasteiger partial charge in [-0.05, 0) is 19.3 Å². The van der Waals surface area contributed by atoms with E-state index in [1.165, 1.54) is 12.8 Å². The van der Waals surface area contributed by atoms with Gasteiger partial charge in [-0.15, -0.1) is 0 Å². The van der Waals surface area contributed by atoms with Crippen LogP contribution in [0.1, 0.15) is 25.7 Å². The Bertz CT molecular complexity index is 137. The van der Waals surface area contributed by atoms with Gasteiger partial charge in [-0.2, -0.15) is 0 Å². The van der Waals surface area contributed by atoms with Gasteiger partial charge < -0.3 is 9.84 Å². The van der Waals surface area contributed by atoms with E-state index in [0.717, 1.165) is 13.0 Å². The maximum absolute atomic E-state index is 8.18. The summed E-state index contributed by atoms with van der Waals surface area (Å²) in [6.45, 7) is 0.859. The molecule has 1 aliphatic heterocycles. The lowest BCUT2D eigenvalue weighted by atomic mass is 10.1. The highest BCUT2D eigenvalue weighted by atomic mass is 16.5. The zero-order valence-electron chi connectivity index (χ0n) is 5.97. The minimum atomic E-state index is 0.272. The van der Waals surface area contributed by atoms with E-state index in [4.69, 9.17) is 9.84 Å². The van der Waals surface area contributed by atoms with Crippen molar-refractivity contribution in [1.29, 1.82) is 0 Å². The van der Waals surface area contributed by atoms with Gasteiger partial charge in [-0.1, -0.05) is 5.92 Å². The first kappa shape index (κ1) is 7.43. The second-order valence-electron chi connectivity index (χ2n) is 2.48. The van der Waals surface area contributed by atoms with E-state index < -0.39 is 0 Å². The van der Waals surface area contributed by atoms with E-state index in [-0.39, 0.29) is 6.10 Å². The molecular formula is C8H12O2. The highest BCUT2D eigenvalue weighted by Gasteiger charge is 2.11. The highest BCUT2D eigenvalue weighted by Crippen LogP contribution is 2.14. The fraction of sp³-hybridized carbons (Fsp3) is 0.750. The average Bonchev–Trinajstić information content (AvgIpc) is 2.03. The van der Waals surface area contributed by atoms with Gasteiger partial charge in [0, 0.05) is 13.0 Å². The Labute approximate surface area is 61.2 Å². The summed E-state index contributed by atoms with van der Waals surface area (Å²) < 4.78 is 5.37. The van der Waals surface area contributed by atoms with Crippen LogP contribution in [0, 0.1) is 12.0 Å². The molecule has 10 heavy (non-hydrogen) atoms. The van der Waals surface area contributed by atoms with Gasteiger partial charge >= 0.3 is 0 Å². The molecule has 0 amide bonds. The van der Waals surface area contributed by atoms with E-state index in [1.807, 2.05) is 6.11 Å². The zero-order chi connectivity index (χ0) is 7.23. The lowest BCUT2D eigenvalue weighted by Gasteiger charge is -2.19. The molecule has 0 saturated carbocycles. The number of ether oxygens (including phenoxy) is 1. The van der Waals surface area contributed by atoms with E-state index in [2.05, 4.69) is 5.92 Å². The van der Waals surface area contributed by atoms with Crippen molar-refractivity contribution in [2.45, 2.75) is 31.8 Å². The quantitative estimate of drug-likeness (QED) is 0.556. The van der Waals surface area contributed by atoms with Gasteiger partial charge in [0.25, 0.3) is 0 Å². The monoisotopic (exact) mass is 140 g/mol. The largest absolute Gasteiger partial charge is 0.462 e. The van der Waals surface area contributed by atoms with Gasteiger partial charge in [-0.25, -0.2) is 0 Å². The van der Waals surface area contributed by atoms with Crippen molar-refractivity contribution in [1.82, 2.24) is 0 Å². The van der Waals surface area contributed by atoms with Crippen molar-refractivity contribution < 1.29 is 9.84 Å². The molecule has 1 aliphatic rings. The lowest BCUT2D eigenvalue weighted by Crippen LogP contribution is -2.17. The Morgan fingerprint density at radius 2 is 2.40 bits per heavy atom. The van der Waals surface area contributed by atoms with Crippen molar-refractivity contribution in [2.24, 2.45) is 0 Å². The summed E-state index contributed by atoms with van der Waals surface area (Å²) in [5, 5.41) is 8.18. The third kappa shape index (κ3) is 2.28. The standard InChI is InChI=1S/C8H12O2/c9-6-3-5-8-4-1-2-7-10-8/h8-9H,1-2,4-5,7H2. The Hall–Kier alpha value is -0.680. The molecule has 0 spiro atoms. The second kappa shape index (κ2) is 4.19. The van der Waals surface area contributed by atoms with Crippen LogP contribution in [0.5, 0.6) is 0 Å². The minimum absolute atomic E-state index is 0.272. The molecule has 0 aliphatic carbocycles. The fourth-order valence-corrected chi connectivity index (χ4v) is 1.13. The number of rotatable bonds is 1. The van der Waals surface area contributed by atoms with Crippen LogP contribution < -0.4 is 0 Å². The van der Waals surface area contributed by atoms with E-state index in [0.29, 0.717) is 6.42 Å². The molecule has 0 aromatic carbocycles. The highest BCUT2D eigenvalue weighted by molar-refractivity contribution is 4.92. The van der Waals surface area contributed by atoms with Crippen LogP contribution in [-0.2, 0) is 4.74 Å². The van der Waals surface area contributed by atoms with Crippen molar-refractivity contribution in [2.75, 3.05) is 6.61 Å². The predicted molar refractivity (Wildman–Crippen MR) is 37.9 cm³/mol. The number of aliphatic hydroxyl groups is 1. The van der Waals surface area contributed by atoms with Crippen molar-refractivity contribution in [3.8, 4) is 12.0 Å². The Balaban J connectivity index is 2.17. The molecule has 1 N–H and O–H groups in total. The summed E-state index contributed by atoms with van der Waals surface area (Å²) in [6.07, 6.45) is 6.33. The molecule has 0 bridgehead atoms. The van der Waals surface area contributed by atoms with Crippen LogP contribution in [0.3, 0.4) is 0 Å². The summed E-state index contributed by atoms with van der Waals surface area (Å²) >= 11 is 0. The van der Waals surface area contributed by atoms with Crippen LogP contribution in [-0.4, -0.2) is 17.8 Å². The first-order valence-corrected chi connectivity index (χ1v) is 3.67. The van der Waals surface area contributed by atoms with Crippen LogP contribution in [0.15, 0.2) is 0 Å². The second-order valence-corrected chi connectivity index (χ2v) is 2.48. The van der Waals surface area contributed by atoms with Crippen molar-refractivity contribution >= 4 is 0 Å². The third-order valence-corrected chi connectivity index (χ3v) is 1.68. The van der Waals surface area contributed by atoms with Gasteiger partial charge in [-0.3, -0.25) is 0 Å². The van der Waals surface area contributed by atoms with Crippen LogP contribution in [0.25, 0.3) is 0 Å². The molecule has 56 valence electrons. The zero-order valence-corrected chi connectivity index (χ0v) is 5.97. The van der Waals surface area contributed by atoms with Gasteiger partial charge in [0.05, 0.1) is 6.10 Å². The van der Waals surface area contributed by atoms with Gasteiger partial charge in [0.1, 0.15) is 6.11 Å². The maximum atomic E-state index is 8.18. The first-order valence-electron chi connectivity index (χ1n) is 3.67. The Morgan fingerprint density at radius 1 is 1.50 bits per heavy atom. The smallest absolute Gasteiger partial charge is 0.107 e. The molecule has 2 nitrogen and oxygen atoms in total. The molecule has 0 aromatic heterocycles. The predicted octanol–water partition coefficient (Wildman–Crippen LogP) is 1.28. The van der Waals surface area contributed by atoms with Crippen LogP contribution in [0.4, 0.5) is 0 Å². The summed E-state index contributed by atoms with van der Waals surface area (Å²) in [5.41, 5.74) is 0. The lowest BCUT2D eigenvalue weighted by molar-refractivity contribution is 0.0196. The molecule has 1 atom stereocenters. The molecule has 1 heterocycles. The maximum Gasteiger partial charge on any atom is 0.107 e. The molecule has 2 heteroatoms.